The van der Waals surface area contributed by atoms with Crippen LogP contribution in [0.4, 0.5) is 11.4 Å². The van der Waals surface area contributed by atoms with Crippen LogP contribution < -0.4 is 11.1 Å². The fourth-order valence-electron chi connectivity index (χ4n) is 1.57. The monoisotopic (exact) mass is 276 g/mol. The summed E-state index contributed by atoms with van der Waals surface area (Å²) in [6.45, 7) is 0. The van der Waals surface area contributed by atoms with Crippen molar-refractivity contribution in [2.24, 2.45) is 0 Å². The molecule has 3 rings (SSSR count). The Labute approximate surface area is 110 Å². The van der Waals surface area contributed by atoms with E-state index in [4.69, 9.17) is 5.73 Å². The number of nitrogens with one attached hydrogen (secondary N) is 1. The average molecular weight is 276 g/mol. The van der Waals surface area contributed by atoms with Crippen molar-refractivity contribution >= 4 is 50.2 Å². The SMILES string of the molecule is Nc1c(C(=O)Nc2ccsc2)sc2nnccc12. The van der Waals surface area contributed by atoms with Gasteiger partial charge in [0.1, 0.15) is 9.71 Å². The molecule has 90 valence electrons. The van der Waals surface area contributed by atoms with Gasteiger partial charge in [-0.2, -0.15) is 16.4 Å². The van der Waals surface area contributed by atoms with Crippen molar-refractivity contribution in [1.82, 2.24) is 10.2 Å². The number of nitrogen functional groups attached to an aromatic ring is 1. The normalized spacial score (nSPS) is 10.7. The molecule has 0 unspecified atom stereocenters. The minimum absolute atomic E-state index is 0.214. The number of carbonyl (C=O) groups excluding carboxylic acids is 1. The number of nitrogens with two attached hydrogens (primary N) is 1. The quantitative estimate of drug-likeness (QED) is 0.753. The first-order valence-electron chi connectivity index (χ1n) is 5.09. The van der Waals surface area contributed by atoms with Crippen LogP contribution in [-0.4, -0.2) is 16.1 Å². The van der Waals surface area contributed by atoms with E-state index in [2.05, 4.69) is 15.5 Å². The van der Waals surface area contributed by atoms with Gasteiger partial charge in [0.15, 0.2) is 0 Å². The molecule has 0 aliphatic heterocycles. The van der Waals surface area contributed by atoms with Gasteiger partial charge in [-0.3, -0.25) is 4.79 Å². The Balaban J connectivity index is 1.99. The van der Waals surface area contributed by atoms with E-state index >= 15 is 0 Å². The predicted octanol–water partition coefficient (Wildman–Crippen LogP) is 2.59. The average Bonchev–Trinajstić information content (AvgIpc) is 2.98. The van der Waals surface area contributed by atoms with E-state index in [9.17, 15) is 4.79 Å². The van der Waals surface area contributed by atoms with Crippen molar-refractivity contribution < 1.29 is 4.79 Å². The number of anilines is 2. The first kappa shape index (κ1) is 11.1. The second-order valence-corrected chi connectivity index (χ2v) is 5.34. The van der Waals surface area contributed by atoms with Crippen LogP contribution in [0.1, 0.15) is 9.67 Å². The van der Waals surface area contributed by atoms with E-state index in [1.54, 1.807) is 12.3 Å². The van der Waals surface area contributed by atoms with E-state index in [1.165, 1.54) is 22.7 Å². The molecule has 1 amide bonds. The van der Waals surface area contributed by atoms with Gasteiger partial charge >= 0.3 is 0 Å². The molecule has 0 bridgehead atoms. The van der Waals surface area contributed by atoms with Gasteiger partial charge in [0.25, 0.3) is 5.91 Å². The fraction of sp³-hybridized carbons (Fsp3) is 0. The van der Waals surface area contributed by atoms with Crippen LogP contribution in [0.15, 0.2) is 29.1 Å². The van der Waals surface area contributed by atoms with Gasteiger partial charge in [0.05, 0.1) is 17.6 Å². The molecule has 0 aliphatic rings. The molecule has 0 fully saturated rings. The third-order valence-corrected chi connectivity index (χ3v) is 4.19. The van der Waals surface area contributed by atoms with Gasteiger partial charge < -0.3 is 11.1 Å². The molecule has 3 N–H and O–H groups in total. The first-order valence-corrected chi connectivity index (χ1v) is 6.85. The maximum absolute atomic E-state index is 12.1. The molecule has 0 aliphatic carbocycles. The van der Waals surface area contributed by atoms with Crippen molar-refractivity contribution in [3.63, 3.8) is 0 Å². The lowest BCUT2D eigenvalue weighted by atomic mass is 10.3. The minimum Gasteiger partial charge on any atom is -0.397 e. The van der Waals surface area contributed by atoms with Crippen LogP contribution >= 0.6 is 22.7 Å². The third-order valence-electron chi connectivity index (χ3n) is 2.41. The van der Waals surface area contributed by atoms with E-state index in [0.717, 1.165) is 11.1 Å². The van der Waals surface area contributed by atoms with Crippen molar-refractivity contribution in [2.75, 3.05) is 11.1 Å². The Morgan fingerprint density at radius 1 is 1.39 bits per heavy atom. The molecule has 5 nitrogen and oxygen atoms in total. The largest absolute Gasteiger partial charge is 0.397 e. The van der Waals surface area contributed by atoms with Gasteiger partial charge in [-0.1, -0.05) is 0 Å². The molecule has 0 radical (unpaired) electrons. The van der Waals surface area contributed by atoms with E-state index in [1.807, 2.05) is 16.8 Å². The minimum atomic E-state index is -0.214. The molecule has 3 heterocycles. The molecule has 0 saturated heterocycles. The number of nitrogens with zero attached hydrogens (tertiary/aromatic N) is 2. The number of carbonyl (C=O) groups is 1. The smallest absolute Gasteiger partial charge is 0.267 e. The summed E-state index contributed by atoms with van der Waals surface area (Å²) in [6.07, 6.45) is 1.56. The van der Waals surface area contributed by atoms with Crippen LogP contribution in [0.25, 0.3) is 10.2 Å². The van der Waals surface area contributed by atoms with Gasteiger partial charge in [0.2, 0.25) is 0 Å². The number of thiophene rings is 2. The van der Waals surface area contributed by atoms with Crippen molar-refractivity contribution in [3.05, 3.63) is 34.0 Å². The molecule has 3 aromatic rings. The summed E-state index contributed by atoms with van der Waals surface area (Å²) in [5.41, 5.74) is 7.18. The van der Waals surface area contributed by atoms with Crippen molar-refractivity contribution in [3.8, 4) is 0 Å². The zero-order valence-corrected chi connectivity index (χ0v) is 10.7. The predicted molar refractivity (Wildman–Crippen MR) is 74.1 cm³/mol. The number of fused-ring (bicyclic) bond motifs is 1. The highest BCUT2D eigenvalue weighted by molar-refractivity contribution is 7.21. The van der Waals surface area contributed by atoms with E-state index in [-0.39, 0.29) is 5.91 Å². The third kappa shape index (κ3) is 1.83. The molecule has 0 aromatic carbocycles. The lowest BCUT2D eigenvalue weighted by Crippen LogP contribution is -2.11. The fourth-order valence-corrected chi connectivity index (χ4v) is 3.09. The zero-order valence-electron chi connectivity index (χ0n) is 9.08. The molecule has 3 aromatic heterocycles. The summed E-state index contributed by atoms with van der Waals surface area (Å²) in [4.78, 5) is 13.2. The lowest BCUT2D eigenvalue weighted by molar-refractivity contribution is 0.103. The molecular weight excluding hydrogens is 268 g/mol. The van der Waals surface area contributed by atoms with Crippen molar-refractivity contribution in [2.45, 2.75) is 0 Å². The number of aromatic nitrogens is 2. The number of hydrogen-bond donors (Lipinski definition) is 2. The standard InChI is InChI=1S/C11H8N4OS2/c12-8-7-1-3-13-15-11(7)18-9(8)10(16)14-6-2-4-17-5-6/h1-5H,12H2,(H,14,16). The summed E-state index contributed by atoms with van der Waals surface area (Å²) in [6, 6.07) is 3.60. The Hall–Kier alpha value is -1.99. The van der Waals surface area contributed by atoms with Crippen LogP contribution in [0.5, 0.6) is 0 Å². The van der Waals surface area contributed by atoms with Gasteiger partial charge in [-0.15, -0.1) is 16.4 Å². The molecule has 7 heteroatoms. The topological polar surface area (TPSA) is 80.9 Å². The highest BCUT2D eigenvalue weighted by Crippen LogP contribution is 2.32. The summed E-state index contributed by atoms with van der Waals surface area (Å²) in [5.74, 6) is -0.214. The Morgan fingerprint density at radius 3 is 3.00 bits per heavy atom. The first-order chi connectivity index (χ1) is 8.75. The highest BCUT2D eigenvalue weighted by atomic mass is 32.1. The van der Waals surface area contributed by atoms with Gasteiger partial charge in [-0.05, 0) is 17.5 Å². The summed E-state index contributed by atoms with van der Waals surface area (Å²) in [5, 5.41) is 15.1. The second kappa shape index (κ2) is 4.35. The van der Waals surface area contributed by atoms with Crippen LogP contribution in [0.2, 0.25) is 0 Å². The summed E-state index contributed by atoms with van der Waals surface area (Å²) >= 11 is 2.77. The number of hydrogen-bond acceptors (Lipinski definition) is 6. The van der Waals surface area contributed by atoms with Crippen molar-refractivity contribution in [1.29, 1.82) is 0 Å². The van der Waals surface area contributed by atoms with Crippen LogP contribution in [0.3, 0.4) is 0 Å². The molecular formula is C11H8N4OS2. The summed E-state index contributed by atoms with van der Waals surface area (Å²) in [7, 11) is 0. The molecule has 0 spiro atoms. The van der Waals surface area contributed by atoms with Gasteiger partial charge in [0, 0.05) is 10.8 Å². The maximum Gasteiger partial charge on any atom is 0.267 e. The maximum atomic E-state index is 12.1. The molecule has 0 saturated carbocycles. The van der Waals surface area contributed by atoms with E-state index < -0.39 is 0 Å². The Kier molecular flexibility index (Phi) is 2.69. The second-order valence-electron chi connectivity index (χ2n) is 3.56. The molecule has 0 atom stereocenters. The Bertz CT molecular complexity index is 705. The summed E-state index contributed by atoms with van der Waals surface area (Å²) < 4.78 is 0. The lowest BCUT2D eigenvalue weighted by Gasteiger charge is -2.00. The number of rotatable bonds is 2. The van der Waals surface area contributed by atoms with Gasteiger partial charge in [-0.25, -0.2) is 0 Å². The molecule has 18 heavy (non-hydrogen) atoms. The Morgan fingerprint density at radius 2 is 2.28 bits per heavy atom. The highest BCUT2D eigenvalue weighted by Gasteiger charge is 2.17. The van der Waals surface area contributed by atoms with Crippen LogP contribution in [0, 0.1) is 0 Å². The number of amides is 1. The van der Waals surface area contributed by atoms with Crippen LogP contribution in [-0.2, 0) is 0 Å². The van der Waals surface area contributed by atoms with E-state index in [0.29, 0.717) is 15.4 Å². The zero-order chi connectivity index (χ0) is 12.5.